The van der Waals surface area contributed by atoms with Crippen molar-refractivity contribution in [2.75, 3.05) is 5.43 Å². The molecule has 3 heterocycles. The molecule has 0 atom stereocenters. The standard InChI is InChI=1S/C21H15N5O2/c1-13-19-15(20(27)24-26-12-22-16-9-5-6-10-18(16)26)11-17(23-21(19)28-25-13)14-7-3-2-4-8-14/h2-12H,1H3,(H,24,27). The average Bonchev–Trinajstić information content (AvgIpc) is 3.32. The predicted molar refractivity (Wildman–Crippen MR) is 105 cm³/mol. The third-order valence-electron chi connectivity index (χ3n) is 4.61. The first-order chi connectivity index (χ1) is 13.7. The molecule has 5 aromatic rings. The first-order valence-electron chi connectivity index (χ1n) is 8.76. The van der Waals surface area contributed by atoms with Crippen LogP contribution in [0.15, 0.2) is 71.5 Å². The van der Waals surface area contributed by atoms with Crippen LogP contribution >= 0.6 is 0 Å². The van der Waals surface area contributed by atoms with Crippen LogP contribution in [0.4, 0.5) is 0 Å². The summed E-state index contributed by atoms with van der Waals surface area (Å²) in [5.41, 5.74) is 7.42. The third-order valence-corrected chi connectivity index (χ3v) is 4.61. The predicted octanol–water partition coefficient (Wildman–Crippen LogP) is 3.93. The van der Waals surface area contributed by atoms with Gasteiger partial charge in [0.1, 0.15) is 6.33 Å². The molecule has 0 saturated heterocycles. The first kappa shape index (κ1) is 16.2. The zero-order valence-corrected chi connectivity index (χ0v) is 15.0. The fraction of sp³-hybridized carbons (Fsp3) is 0.0476. The molecule has 0 aliphatic rings. The number of benzene rings is 2. The Labute approximate surface area is 159 Å². The molecule has 5 rings (SSSR count). The molecule has 0 spiro atoms. The fourth-order valence-corrected chi connectivity index (χ4v) is 3.25. The number of nitrogens with zero attached hydrogens (tertiary/aromatic N) is 4. The molecule has 2 aromatic carbocycles. The number of fused-ring (bicyclic) bond motifs is 2. The van der Waals surface area contributed by atoms with E-state index >= 15 is 0 Å². The number of rotatable bonds is 3. The number of imidazole rings is 1. The van der Waals surface area contributed by atoms with E-state index in [1.54, 1.807) is 24.0 Å². The zero-order valence-electron chi connectivity index (χ0n) is 15.0. The number of nitrogens with one attached hydrogen (secondary N) is 1. The Hall–Kier alpha value is -4.00. The number of para-hydroxylation sites is 2. The number of aromatic nitrogens is 4. The van der Waals surface area contributed by atoms with Crippen molar-refractivity contribution < 1.29 is 9.32 Å². The number of hydrogen-bond donors (Lipinski definition) is 1. The minimum Gasteiger partial charge on any atom is -0.335 e. The summed E-state index contributed by atoms with van der Waals surface area (Å²) in [7, 11) is 0. The number of pyridine rings is 1. The van der Waals surface area contributed by atoms with Crippen molar-refractivity contribution in [2.45, 2.75) is 6.92 Å². The minimum atomic E-state index is -0.293. The van der Waals surface area contributed by atoms with Gasteiger partial charge in [-0.15, -0.1) is 0 Å². The van der Waals surface area contributed by atoms with Crippen LogP contribution in [0, 0.1) is 6.92 Å². The normalized spacial score (nSPS) is 11.2. The highest BCUT2D eigenvalue weighted by molar-refractivity contribution is 6.10. The van der Waals surface area contributed by atoms with Gasteiger partial charge in [-0.25, -0.2) is 14.6 Å². The Morgan fingerprint density at radius 2 is 1.86 bits per heavy atom. The number of hydrogen-bond acceptors (Lipinski definition) is 5. The molecule has 28 heavy (non-hydrogen) atoms. The van der Waals surface area contributed by atoms with Crippen LogP contribution in [0.1, 0.15) is 16.1 Å². The van der Waals surface area contributed by atoms with Gasteiger partial charge in [0.25, 0.3) is 11.6 Å². The molecule has 0 bridgehead atoms. The lowest BCUT2D eigenvalue weighted by Crippen LogP contribution is -2.22. The Bertz CT molecular complexity index is 1320. The lowest BCUT2D eigenvalue weighted by molar-refractivity contribution is 0.101. The van der Waals surface area contributed by atoms with Crippen LogP contribution in [-0.4, -0.2) is 25.7 Å². The minimum absolute atomic E-state index is 0.293. The van der Waals surface area contributed by atoms with Gasteiger partial charge in [0.05, 0.1) is 33.4 Å². The summed E-state index contributed by atoms with van der Waals surface area (Å²) in [6.07, 6.45) is 1.58. The molecule has 7 heteroatoms. The van der Waals surface area contributed by atoms with Gasteiger partial charge in [-0.3, -0.25) is 10.2 Å². The highest BCUT2D eigenvalue weighted by Crippen LogP contribution is 2.27. The van der Waals surface area contributed by atoms with Gasteiger partial charge >= 0.3 is 0 Å². The largest absolute Gasteiger partial charge is 0.335 e. The van der Waals surface area contributed by atoms with Crippen molar-refractivity contribution in [3.05, 3.63) is 78.2 Å². The van der Waals surface area contributed by atoms with Gasteiger partial charge in [0.2, 0.25) is 0 Å². The third kappa shape index (κ3) is 2.61. The van der Waals surface area contributed by atoms with E-state index in [0.717, 1.165) is 16.6 Å². The summed E-state index contributed by atoms with van der Waals surface area (Å²) < 4.78 is 6.95. The molecule has 0 saturated carbocycles. The molecular formula is C21H15N5O2. The van der Waals surface area contributed by atoms with Gasteiger partial charge in [0.15, 0.2) is 0 Å². The molecule has 0 aliphatic heterocycles. The van der Waals surface area contributed by atoms with E-state index in [2.05, 4.69) is 20.6 Å². The molecule has 7 nitrogen and oxygen atoms in total. The van der Waals surface area contributed by atoms with E-state index in [0.29, 0.717) is 28.1 Å². The van der Waals surface area contributed by atoms with Crippen LogP contribution in [0.2, 0.25) is 0 Å². The highest BCUT2D eigenvalue weighted by Gasteiger charge is 2.20. The molecular weight excluding hydrogens is 354 g/mol. The summed E-state index contributed by atoms with van der Waals surface area (Å²) in [5, 5.41) is 4.58. The molecule has 0 fully saturated rings. The highest BCUT2D eigenvalue weighted by atomic mass is 16.5. The lowest BCUT2D eigenvalue weighted by atomic mass is 10.1. The second kappa shape index (κ2) is 6.31. The monoisotopic (exact) mass is 369 g/mol. The number of carbonyl (C=O) groups excluding carboxylic acids is 1. The molecule has 0 unspecified atom stereocenters. The van der Waals surface area contributed by atoms with E-state index in [1.807, 2.05) is 54.6 Å². The van der Waals surface area contributed by atoms with Crippen molar-refractivity contribution in [3.63, 3.8) is 0 Å². The van der Waals surface area contributed by atoms with Gasteiger partial charge in [-0.05, 0) is 25.1 Å². The first-order valence-corrected chi connectivity index (χ1v) is 8.76. The van der Waals surface area contributed by atoms with Crippen LogP contribution in [-0.2, 0) is 0 Å². The maximum absolute atomic E-state index is 13.1. The molecule has 0 radical (unpaired) electrons. The van der Waals surface area contributed by atoms with E-state index in [9.17, 15) is 4.79 Å². The Morgan fingerprint density at radius 3 is 2.71 bits per heavy atom. The second-order valence-corrected chi connectivity index (χ2v) is 6.41. The maximum atomic E-state index is 13.1. The number of aryl methyl sites for hydroxylation is 1. The smallest absolute Gasteiger partial charge is 0.271 e. The van der Waals surface area contributed by atoms with E-state index < -0.39 is 0 Å². The average molecular weight is 369 g/mol. The lowest BCUT2D eigenvalue weighted by Gasteiger charge is -2.09. The summed E-state index contributed by atoms with van der Waals surface area (Å²) in [5.74, 6) is -0.293. The summed E-state index contributed by atoms with van der Waals surface area (Å²) in [4.78, 5) is 22.0. The summed E-state index contributed by atoms with van der Waals surface area (Å²) in [6.45, 7) is 1.79. The number of amides is 1. The summed E-state index contributed by atoms with van der Waals surface area (Å²) >= 11 is 0. The topological polar surface area (TPSA) is 85.8 Å². The van der Waals surface area contributed by atoms with E-state index in [1.165, 1.54) is 0 Å². The molecule has 1 amide bonds. The van der Waals surface area contributed by atoms with Crippen LogP contribution in [0.3, 0.4) is 0 Å². The Balaban J connectivity index is 1.62. The van der Waals surface area contributed by atoms with Crippen molar-refractivity contribution in [1.82, 2.24) is 19.8 Å². The van der Waals surface area contributed by atoms with Crippen molar-refractivity contribution in [3.8, 4) is 11.3 Å². The van der Waals surface area contributed by atoms with Gasteiger partial charge < -0.3 is 4.52 Å². The van der Waals surface area contributed by atoms with Gasteiger partial charge in [-0.1, -0.05) is 47.6 Å². The van der Waals surface area contributed by atoms with Crippen LogP contribution in [0.5, 0.6) is 0 Å². The SMILES string of the molecule is Cc1noc2nc(-c3ccccc3)cc(C(=O)Nn3cnc4ccccc43)c12. The fourth-order valence-electron chi connectivity index (χ4n) is 3.25. The Kier molecular flexibility index (Phi) is 3.65. The van der Waals surface area contributed by atoms with Gasteiger partial charge in [-0.2, -0.15) is 0 Å². The molecule has 136 valence electrons. The molecule has 3 aromatic heterocycles. The molecule has 0 aliphatic carbocycles. The maximum Gasteiger partial charge on any atom is 0.271 e. The Morgan fingerprint density at radius 1 is 1.07 bits per heavy atom. The van der Waals surface area contributed by atoms with E-state index in [-0.39, 0.29) is 5.91 Å². The van der Waals surface area contributed by atoms with Crippen molar-refractivity contribution in [2.24, 2.45) is 0 Å². The van der Waals surface area contributed by atoms with Crippen molar-refractivity contribution in [1.29, 1.82) is 0 Å². The second-order valence-electron chi connectivity index (χ2n) is 6.41. The van der Waals surface area contributed by atoms with E-state index in [4.69, 9.17) is 4.52 Å². The quantitative estimate of drug-likeness (QED) is 0.521. The summed E-state index contributed by atoms with van der Waals surface area (Å²) in [6, 6.07) is 19.0. The van der Waals surface area contributed by atoms with Crippen LogP contribution < -0.4 is 5.43 Å². The number of carbonyl (C=O) groups is 1. The molecule has 1 N–H and O–H groups in total. The zero-order chi connectivity index (χ0) is 19.1. The van der Waals surface area contributed by atoms with Crippen molar-refractivity contribution >= 4 is 28.0 Å². The van der Waals surface area contributed by atoms with Gasteiger partial charge in [0, 0.05) is 5.56 Å². The van der Waals surface area contributed by atoms with Crippen LogP contribution in [0.25, 0.3) is 33.4 Å².